The fraction of sp³-hybridized carbons (Fsp3) is 1.00. The van der Waals surface area contributed by atoms with Gasteiger partial charge in [0.05, 0.1) is 12.2 Å². The molecule has 2 aliphatic carbocycles. The minimum atomic E-state index is -0.260. The average Bonchev–Trinajstić information content (AvgIpc) is 2.78. The number of nitrogens with zero attached hydrogens (tertiary/aromatic N) is 1. The van der Waals surface area contributed by atoms with Crippen LogP contribution in [-0.2, 0) is 4.74 Å². The maximum atomic E-state index is 10.1. The molecule has 0 aromatic carbocycles. The van der Waals surface area contributed by atoms with Gasteiger partial charge >= 0.3 is 0 Å². The Morgan fingerprint density at radius 1 is 1.24 bits per heavy atom. The molecule has 0 aromatic rings. The minimum absolute atomic E-state index is 0.260. The lowest BCUT2D eigenvalue weighted by atomic mass is 9.70. The fourth-order valence-electron chi connectivity index (χ4n) is 4.60. The second-order valence-electron chi connectivity index (χ2n) is 7.90. The molecule has 4 atom stereocenters. The Morgan fingerprint density at radius 2 is 1.90 bits per heavy atom. The van der Waals surface area contributed by atoms with Gasteiger partial charge in [-0.3, -0.25) is 0 Å². The highest BCUT2D eigenvalue weighted by Crippen LogP contribution is 2.66. The summed E-state index contributed by atoms with van der Waals surface area (Å²) in [6.45, 7) is 15.0. The highest BCUT2D eigenvalue weighted by Gasteiger charge is 2.61. The molecule has 0 spiro atoms. The number of hydrogen-bond acceptors (Lipinski definition) is 3. The molecule has 3 nitrogen and oxygen atoms in total. The topological polar surface area (TPSA) is 32.7 Å². The van der Waals surface area contributed by atoms with E-state index in [-0.39, 0.29) is 6.10 Å². The van der Waals surface area contributed by atoms with Crippen molar-refractivity contribution >= 4 is 0 Å². The average molecular weight is 297 g/mol. The first-order valence-corrected chi connectivity index (χ1v) is 8.87. The van der Waals surface area contributed by atoms with E-state index in [1.807, 2.05) is 0 Å². The molecule has 2 bridgehead atoms. The maximum absolute atomic E-state index is 10.1. The van der Waals surface area contributed by atoms with E-state index in [4.69, 9.17) is 4.74 Å². The van der Waals surface area contributed by atoms with Crippen LogP contribution in [0.5, 0.6) is 0 Å². The standard InChI is InChI=1S/C18H35NO2/c1-6-19(7-2)13-15(20)9-11-21-16-12-14-8-10-18(16,5)17(14,3)4/h14-16,20H,6-13H2,1-5H3/t14-,15+,16+,18-/m0/s1. The summed E-state index contributed by atoms with van der Waals surface area (Å²) in [6.07, 6.45) is 4.78. The Bertz CT molecular complexity index is 340. The van der Waals surface area contributed by atoms with E-state index in [2.05, 4.69) is 39.5 Å². The number of fused-ring (bicyclic) bond motifs is 2. The molecular formula is C18H35NO2. The number of aliphatic hydroxyl groups excluding tert-OH is 1. The van der Waals surface area contributed by atoms with Crippen LogP contribution >= 0.6 is 0 Å². The molecule has 0 amide bonds. The Labute approximate surface area is 131 Å². The lowest BCUT2D eigenvalue weighted by Gasteiger charge is -2.39. The van der Waals surface area contributed by atoms with Gasteiger partial charge in [0.2, 0.25) is 0 Å². The molecule has 21 heavy (non-hydrogen) atoms. The molecule has 1 N–H and O–H groups in total. The number of hydrogen-bond donors (Lipinski definition) is 1. The van der Waals surface area contributed by atoms with Crippen LogP contribution in [0.4, 0.5) is 0 Å². The van der Waals surface area contributed by atoms with Crippen molar-refractivity contribution < 1.29 is 9.84 Å². The Balaban J connectivity index is 1.75. The molecule has 124 valence electrons. The summed E-state index contributed by atoms with van der Waals surface area (Å²) in [5, 5.41) is 10.1. The lowest BCUT2D eigenvalue weighted by Crippen LogP contribution is -2.38. The molecular weight excluding hydrogens is 262 g/mol. The van der Waals surface area contributed by atoms with Gasteiger partial charge < -0.3 is 14.7 Å². The lowest BCUT2D eigenvalue weighted by molar-refractivity contribution is -0.0562. The molecule has 0 aromatic heterocycles. The van der Waals surface area contributed by atoms with Crippen molar-refractivity contribution in [1.29, 1.82) is 0 Å². The zero-order chi connectivity index (χ0) is 15.7. The summed E-state index contributed by atoms with van der Waals surface area (Å²) in [5.74, 6) is 0.827. The summed E-state index contributed by atoms with van der Waals surface area (Å²) in [5.41, 5.74) is 0.749. The number of ether oxygens (including phenoxy) is 1. The first-order valence-electron chi connectivity index (χ1n) is 8.87. The van der Waals surface area contributed by atoms with Gasteiger partial charge in [-0.25, -0.2) is 0 Å². The van der Waals surface area contributed by atoms with E-state index < -0.39 is 0 Å². The molecule has 0 aliphatic heterocycles. The largest absolute Gasteiger partial charge is 0.392 e. The van der Waals surface area contributed by atoms with E-state index >= 15 is 0 Å². The van der Waals surface area contributed by atoms with Gasteiger partial charge in [-0.15, -0.1) is 0 Å². The van der Waals surface area contributed by atoms with Crippen molar-refractivity contribution in [2.24, 2.45) is 16.7 Å². The summed E-state index contributed by atoms with van der Waals surface area (Å²) in [6, 6.07) is 0. The molecule has 0 heterocycles. The summed E-state index contributed by atoms with van der Waals surface area (Å²) < 4.78 is 6.22. The van der Waals surface area contributed by atoms with Gasteiger partial charge in [-0.1, -0.05) is 34.6 Å². The predicted octanol–water partition coefficient (Wildman–Crippen LogP) is 3.31. The second-order valence-corrected chi connectivity index (χ2v) is 7.90. The van der Waals surface area contributed by atoms with Crippen molar-refractivity contribution in [2.45, 2.75) is 72.5 Å². The predicted molar refractivity (Wildman–Crippen MR) is 87.4 cm³/mol. The normalized spacial score (nSPS) is 35.6. The summed E-state index contributed by atoms with van der Waals surface area (Å²) in [4.78, 5) is 2.27. The Morgan fingerprint density at radius 3 is 2.38 bits per heavy atom. The van der Waals surface area contributed by atoms with Crippen LogP contribution in [0.15, 0.2) is 0 Å². The van der Waals surface area contributed by atoms with Crippen molar-refractivity contribution in [3.8, 4) is 0 Å². The third-order valence-electron chi connectivity index (χ3n) is 6.85. The minimum Gasteiger partial charge on any atom is -0.392 e. The first kappa shape index (κ1) is 17.2. The summed E-state index contributed by atoms with van der Waals surface area (Å²) in [7, 11) is 0. The zero-order valence-corrected chi connectivity index (χ0v) is 14.7. The van der Waals surface area contributed by atoms with Crippen molar-refractivity contribution in [3.63, 3.8) is 0 Å². The molecule has 2 fully saturated rings. The van der Waals surface area contributed by atoms with Gasteiger partial charge in [0.1, 0.15) is 0 Å². The highest BCUT2D eigenvalue weighted by molar-refractivity contribution is 5.11. The van der Waals surface area contributed by atoms with Gasteiger partial charge in [0.25, 0.3) is 0 Å². The van der Waals surface area contributed by atoms with E-state index in [0.717, 1.165) is 32.0 Å². The van der Waals surface area contributed by atoms with Crippen molar-refractivity contribution in [2.75, 3.05) is 26.2 Å². The third-order valence-corrected chi connectivity index (χ3v) is 6.85. The van der Waals surface area contributed by atoms with Gasteiger partial charge in [-0.05, 0) is 55.5 Å². The van der Waals surface area contributed by atoms with Gasteiger partial charge in [0, 0.05) is 13.2 Å². The van der Waals surface area contributed by atoms with Gasteiger partial charge in [-0.2, -0.15) is 0 Å². The van der Waals surface area contributed by atoms with Crippen LogP contribution in [-0.4, -0.2) is 48.5 Å². The fourth-order valence-corrected chi connectivity index (χ4v) is 4.60. The maximum Gasteiger partial charge on any atom is 0.0689 e. The van der Waals surface area contributed by atoms with Crippen LogP contribution in [0, 0.1) is 16.7 Å². The van der Waals surface area contributed by atoms with E-state index in [0.29, 0.717) is 23.5 Å². The van der Waals surface area contributed by atoms with Crippen molar-refractivity contribution in [1.82, 2.24) is 4.90 Å². The quantitative estimate of drug-likeness (QED) is 0.746. The van der Waals surface area contributed by atoms with E-state index in [1.165, 1.54) is 19.3 Å². The Hall–Kier alpha value is -0.120. The second kappa shape index (κ2) is 6.55. The van der Waals surface area contributed by atoms with Crippen LogP contribution in [0.3, 0.4) is 0 Å². The van der Waals surface area contributed by atoms with Gasteiger partial charge in [0.15, 0.2) is 0 Å². The molecule has 0 unspecified atom stereocenters. The van der Waals surface area contributed by atoms with E-state index in [9.17, 15) is 5.11 Å². The van der Waals surface area contributed by atoms with Crippen LogP contribution in [0.1, 0.15) is 60.3 Å². The number of rotatable bonds is 8. The van der Waals surface area contributed by atoms with Crippen LogP contribution < -0.4 is 0 Å². The zero-order valence-electron chi connectivity index (χ0n) is 14.7. The summed E-state index contributed by atoms with van der Waals surface area (Å²) >= 11 is 0. The molecule has 2 rings (SSSR count). The molecule has 2 saturated carbocycles. The molecule has 2 aliphatic rings. The Kier molecular flexibility index (Phi) is 5.38. The SMILES string of the molecule is CCN(CC)C[C@H](O)CCO[C@@H]1C[C@@H]2CC[C@]1(C)C2(C)C. The van der Waals surface area contributed by atoms with Crippen molar-refractivity contribution in [3.05, 3.63) is 0 Å². The molecule has 3 heteroatoms. The third kappa shape index (κ3) is 3.16. The number of likely N-dealkylation sites (N-methyl/N-ethyl adjacent to an activating group) is 1. The number of aliphatic hydroxyl groups is 1. The van der Waals surface area contributed by atoms with Crippen LogP contribution in [0.2, 0.25) is 0 Å². The highest BCUT2D eigenvalue weighted by atomic mass is 16.5. The molecule has 0 radical (unpaired) electrons. The van der Waals surface area contributed by atoms with Crippen LogP contribution in [0.25, 0.3) is 0 Å². The molecule has 0 saturated heterocycles. The smallest absolute Gasteiger partial charge is 0.0689 e. The monoisotopic (exact) mass is 297 g/mol. The van der Waals surface area contributed by atoms with E-state index in [1.54, 1.807) is 0 Å². The first-order chi connectivity index (χ1) is 9.85.